The molecule has 2 aliphatic heterocycles. The molecule has 0 spiro atoms. The Hall–Kier alpha value is -6.89. The minimum Gasteiger partial charge on any atom is -0.478 e. The molecule has 0 unspecified atom stereocenters. The van der Waals surface area contributed by atoms with Crippen LogP contribution in [0, 0.1) is 11.6 Å². The fraction of sp³-hybridized carbons (Fsp3) is 0.100. The Balaban J connectivity index is 1.16. The first-order valence-electron chi connectivity index (χ1n) is 14.3. The summed E-state index contributed by atoms with van der Waals surface area (Å²) in [6, 6.07) is 6.74. The van der Waals surface area contributed by atoms with Crippen LogP contribution in [-0.2, 0) is 17.6 Å². The molecular formula is C30H23F2N11O6. The number of carboxylic acids is 2. The van der Waals surface area contributed by atoms with Crippen molar-refractivity contribution in [3.63, 3.8) is 0 Å². The number of carbonyl (C=O) groups excluding carboxylic acids is 2. The lowest BCUT2D eigenvalue weighted by molar-refractivity contribution is -0.110. The number of halogens is 2. The number of hydrazine groups is 2. The second-order valence-corrected chi connectivity index (χ2v) is 10.4. The van der Waals surface area contributed by atoms with Crippen molar-refractivity contribution in [1.29, 1.82) is 0 Å². The zero-order chi connectivity index (χ0) is 34.7. The molecule has 0 saturated carbocycles. The number of hydrogen-bond acceptors (Lipinski definition) is 12. The molecule has 0 bridgehead atoms. The van der Waals surface area contributed by atoms with Gasteiger partial charge in [-0.3, -0.25) is 14.2 Å². The topological polar surface area (TPSA) is 228 Å². The highest BCUT2D eigenvalue weighted by Gasteiger charge is 2.24. The Labute approximate surface area is 273 Å². The van der Waals surface area contributed by atoms with Gasteiger partial charge in [0.2, 0.25) is 0 Å². The summed E-state index contributed by atoms with van der Waals surface area (Å²) >= 11 is 0. The van der Waals surface area contributed by atoms with Gasteiger partial charge in [-0.1, -0.05) is 0 Å². The smallest absolute Gasteiger partial charge is 0.337 e. The quantitative estimate of drug-likeness (QED) is 0.135. The van der Waals surface area contributed by atoms with Crippen LogP contribution in [0.4, 0.5) is 20.2 Å². The minimum atomic E-state index is -1.49. The van der Waals surface area contributed by atoms with Gasteiger partial charge in [-0.25, -0.2) is 28.9 Å². The molecule has 0 aliphatic carbocycles. The molecule has 2 aliphatic rings. The number of aryl methyl sites for hydroxylation is 2. The zero-order valence-corrected chi connectivity index (χ0v) is 24.9. The Morgan fingerprint density at radius 1 is 0.837 bits per heavy atom. The van der Waals surface area contributed by atoms with E-state index in [1.165, 1.54) is 54.1 Å². The molecule has 19 heteroatoms. The maximum atomic E-state index is 15.0. The van der Waals surface area contributed by atoms with E-state index in [4.69, 9.17) is 0 Å². The van der Waals surface area contributed by atoms with Crippen molar-refractivity contribution in [1.82, 2.24) is 35.9 Å². The van der Waals surface area contributed by atoms with Crippen LogP contribution in [0.1, 0.15) is 48.8 Å². The van der Waals surface area contributed by atoms with Crippen LogP contribution in [0.5, 0.6) is 0 Å². The molecule has 0 saturated heterocycles. The van der Waals surface area contributed by atoms with Crippen LogP contribution < -0.4 is 21.7 Å². The second kappa shape index (κ2) is 13.5. The molecule has 49 heavy (non-hydrogen) atoms. The van der Waals surface area contributed by atoms with Crippen molar-refractivity contribution < 1.29 is 38.2 Å². The van der Waals surface area contributed by atoms with E-state index in [1.807, 2.05) is 0 Å². The summed E-state index contributed by atoms with van der Waals surface area (Å²) in [4.78, 5) is 53.4. The van der Waals surface area contributed by atoms with Crippen molar-refractivity contribution in [2.45, 2.75) is 19.3 Å². The molecule has 2 aromatic heterocycles. The van der Waals surface area contributed by atoms with E-state index in [0.29, 0.717) is 11.7 Å². The monoisotopic (exact) mass is 671 g/mol. The fourth-order valence-electron chi connectivity index (χ4n) is 4.83. The first-order valence-corrected chi connectivity index (χ1v) is 14.3. The highest BCUT2D eigenvalue weighted by Crippen LogP contribution is 2.26. The van der Waals surface area contributed by atoms with Crippen molar-refractivity contribution in [2.24, 2.45) is 10.2 Å². The van der Waals surface area contributed by atoms with Gasteiger partial charge < -0.3 is 20.8 Å². The summed E-state index contributed by atoms with van der Waals surface area (Å²) < 4.78 is 31.6. The lowest BCUT2D eigenvalue weighted by atomic mass is 9.99. The molecule has 17 nitrogen and oxygen atoms in total. The third-order valence-electron chi connectivity index (χ3n) is 7.25. The molecule has 4 heterocycles. The van der Waals surface area contributed by atoms with Crippen molar-refractivity contribution in [2.75, 3.05) is 10.6 Å². The number of rotatable bonds is 11. The molecule has 2 aromatic carbocycles. The molecular weight excluding hydrogens is 648 g/mol. The number of imidazole rings is 1. The highest BCUT2D eigenvalue weighted by molar-refractivity contribution is 6.48. The molecule has 248 valence electrons. The third kappa shape index (κ3) is 6.95. The number of aromatic carboxylic acids is 2. The van der Waals surface area contributed by atoms with E-state index in [9.17, 15) is 29.4 Å². The standard InChI is InChI=1S/C30H23F2N11O6/c31-19-12-17(29(46)47)23(34-27(44)21-4-6-25(37-36-21)42-9-8-33-14-42)10-15(19)2-1-3-16-11-24(18(30(48)49)13-20(16)32)35-28(45)22-5-7-26-38-40-41-43(26)39-22/h4-14,40-41H,1-3H2,(H,34,44)(H,35,45)(H,46,47)(H,48,49). The van der Waals surface area contributed by atoms with E-state index in [-0.39, 0.29) is 53.2 Å². The van der Waals surface area contributed by atoms with Crippen molar-refractivity contribution in [3.05, 3.63) is 107 Å². The van der Waals surface area contributed by atoms with E-state index in [2.05, 4.69) is 47.1 Å². The van der Waals surface area contributed by atoms with Crippen LogP contribution in [0.15, 0.2) is 77.5 Å². The number of fused-ring (bicyclic) bond motifs is 1. The first-order chi connectivity index (χ1) is 23.6. The molecule has 0 fully saturated rings. The second-order valence-electron chi connectivity index (χ2n) is 10.4. The Morgan fingerprint density at radius 3 is 2.06 bits per heavy atom. The van der Waals surface area contributed by atoms with Gasteiger partial charge in [0.15, 0.2) is 23.1 Å². The normalized spacial score (nSPS) is 13.2. The van der Waals surface area contributed by atoms with Gasteiger partial charge >= 0.3 is 11.9 Å². The van der Waals surface area contributed by atoms with Gasteiger partial charge in [0, 0.05) is 12.4 Å². The number of hydrogen-bond donors (Lipinski definition) is 6. The molecule has 0 atom stereocenters. The van der Waals surface area contributed by atoms with Crippen molar-refractivity contribution >= 4 is 46.7 Å². The lowest BCUT2D eigenvalue weighted by Gasteiger charge is -2.16. The summed E-state index contributed by atoms with van der Waals surface area (Å²) in [5, 5.41) is 41.0. The van der Waals surface area contributed by atoms with Gasteiger partial charge in [-0.15, -0.1) is 25.9 Å². The van der Waals surface area contributed by atoms with Crippen molar-refractivity contribution in [3.8, 4) is 5.82 Å². The number of hydrazone groups is 2. The largest absolute Gasteiger partial charge is 0.478 e. The predicted octanol–water partition coefficient (Wildman–Crippen LogP) is 2.27. The number of amides is 2. The number of carboxylic acid groups (broad SMARTS) is 2. The maximum Gasteiger partial charge on any atom is 0.337 e. The summed E-state index contributed by atoms with van der Waals surface area (Å²) in [6.07, 6.45) is 7.54. The maximum absolute atomic E-state index is 15.0. The Bertz CT molecular complexity index is 2080. The first kappa shape index (κ1) is 32.1. The molecule has 4 aromatic rings. The molecule has 6 N–H and O–H groups in total. The van der Waals surface area contributed by atoms with Gasteiger partial charge in [0.1, 0.15) is 18.0 Å². The van der Waals surface area contributed by atoms with E-state index in [0.717, 1.165) is 12.1 Å². The number of nitrogens with zero attached hydrogens (tertiary/aromatic N) is 7. The number of anilines is 2. The lowest BCUT2D eigenvalue weighted by Crippen LogP contribution is -2.40. The average Bonchev–Trinajstić information content (AvgIpc) is 3.79. The number of aromatic nitrogens is 4. The fourth-order valence-corrected chi connectivity index (χ4v) is 4.83. The molecule has 6 rings (SSSR count). The molecule has 2 amide bonds. The number of nitrogens with one attached hydrogen (secondary N) is 4. The van der Waals surface area contributed by atoms with Gasteiger partial charge in [0.25, 0.3) is 11.8 Å². The SMILES string of the molecule is O=C(Nc1cc(CCCc2cc(NC(=O)c3ccc(-n4ccnc4)nn3)c(C(=O)O)cc2F)c(F)cc1C(=O)O)C1=NN2NNN=C2C=C1. The van der Waals surface area contributed by atoms with Gasteiger partial charge in [-0.05, 0) is 78.9 Å². The van der Waals surface area contributed by atoms with Crippen LogP contribution in [0.3, 0.4) is 0 Å². The van der Waals surface area contributed by atoms with Crippen LogP contribution >= 0.6 is 0 Å². The Morgan fingerprint density at radius 2 is 1.49 bits per heavy atom. The summed E-state index contributed by atoms with van der Waals surface area (Å²) in [6.45, 7) is 0. The van der Waals surface area contributed by atoms with Crippen LogP contribution in [-0.4, -0.2) is 70.4 Å². The highest BCUT2D eigenvalue weighted by atomic mass is 19.1. The Kier molecular flexibility index (Phi) is 8.81. The minimum absolute atomic E-state index is 0.0212. The number of amidine groups is 1. The number of carbonyl (C=O) groups is 4. The molecule has 0 radical (unpaired) electrons. The van der Waals surface area contributed by atoms with Gasteiger partial charge in [-0.2, -0.15) is 5.12 Å². The van der Waals surface area contributed by atoms with E-state index < -0.39 is 46.5 Å². The average molecular weight is 672 g/mol. The van der Waals surface area contributed by atoms with Crippen LogP contribution in [0.25, 0.3) is 5.82 Å². The van der Waals surface area contributed by atoms with Gasteiger partial charge in [0.05, 0.1) is 22.5 Å². The van der Waals surface area contributed by atoms with E-state index >= 15 is 8.78 Å². The zero-order valence-electron chi connectivity index (χ0n) is 24.9. The predicted molar refractivity (Wildman–Crippen MR) is 167 cm³/mol. The number of benzene rings is 2. The summed E-state index contributed by atoms with van der Waals surface area (Å²) in [5.41, 5.74) is 3.42. The van der Waals surface area contributed by atoms with E-state index in [1.54, 1.807) is 10.8 Å². The third-order valence-corrected chi connectivity index (χ3v) is 7.25. The summed E-state index contributed by atoms with van der Waals surface area (Å²) in [5.74, 6) is -5.53. The van der Waals surface area contributed by atoms with Crippen LogP contribution in [0.2, 0.25) is 0 Å². The summed E-state index contributed by atoms with van der Waals surface area (Å²) in [7, 11) is 0.